The second-order valence-corrected chi connectivity index (χ2v) is 7.98. The summed E-state index contributed by atoms with van der Waals surface area (Å²) in [6, 6.07) is 8.64. The van der Waals surface area contributed by atoms with E-state index >= 15 is 0 Å². The Bertz CT molecular complexity index is 1160. The highest BCUT2D eigenvalue weighted by molar-refractivity contribution is 6.36. The molecule has 3 heterocycles. The lowest BCUT2D eigenvalue weighted by Crippen LogP contribution is -2.48. The number of benzene rings is 1. The molecule has 0 radical (unpaired) electrons. The number of halogens is 4. The lowest BCUT2D eigenvalue weighted by molar-refractivity contribution is -0.142. The Balaban J connectivity index is 1.50. The van der Waals surface area contributed by atoms with Gasteiger partial charge in [0.25, 0.3) is 5.91 Å². The molecule has 0 aliphatic carbocycles. The number of fused-ring (bicyclic) bond motifs is 1. The van der Waals surface area contributed by atoms with Gasteiger partial charge in [-0.25, -0.2) is 9.50 Å². The zero-order valence-corrected chi connectivity index (χ0v) is 18.2. The van der Waals surface area contributed by atoms with Gasteiger partial charge in [-0.2, -0.15) is 18.3 Å². The summed E-state index contributed by atoms with van der Waals surface area (Å²) in [5.41, 5.74) is -0.204. The first kappa shape index (κ1) is 22.3. The van der Waals surface area contributed by atoms with Crippen molar-refractivity contribution >= 4 is 23.2 Å². The number of amides is 1. The first-order valence-corrected chi connectivity index (χ1v) is 10.3. The van der Waals surface area contributed by atoms with Crippen LogP contribution in [0.2, 0.25) is 5.02 Å². The van der Waals surface area contributed by atoms with Crippen molar-refractivity contribution < 1.29 is 22.7 Å². The van der Waals surface area contributed by atoms with Gasteiger partial charge >= 0.3 is 6.18 Å². The first-order valence-electron chi connectivity index (χ1n) is 9.95. The molecule has 2 aromatic heterocycles. The van der Waals surface area contributed by atoms with Crippen LogP contribution in [-0.4, -0.2) is 63.6 Å². The summed E-state index contributed by atoms with van der Waals surface area (Å²) >= 11 is 6.25. The second kappa shape index (κ2) is 8.59. The molecule has 1 aromatic carbocycles. The van der Waals surface area contributed by atoms with Crippen molar-refractivity contribution in [3.8, 4) is 5.75 Å². The molecular formula is C21H21ClF3N5O2. The average molecular weight is 468 g/mol. The largest absolute Gasteiger partial charge is 0.497 e. The summed E-state index contributed by atoms with van der Waals surface area (Å²) in [5, 5.41) is 3.71. The number of hydrogen-bond donors (Lipinski definition) is 0. The van der Waals surface area contributed by atoms with E-state index in [1.165, 1.54) is 6.92 Å². The van der Waals surface area contributed by atoms with Gasteiger partial charge in [-0.1, -0.05) is 23.7 Å². The highest BCUT2D eigenvalue weighted by Crippen LogP contribution is 2.32. The monoisotopic (exact) mass is 467 g/mol. The lowest BCUT2D eigenvalue weighted by Gasteiger charge is -2.34. The molecule has 170 valence electrons. The molecule has 32 heavy (non-hydrogen) atoms. The molecule has 0 bridgehead atoms. The van der Waals surface area contributed by atoms with Gasteiger partial charge < -0.3 is 9.64 Å². The van der Waals surface area contributed by atoms with Crippen molar-refractivity contribution in [3.05, 3.63) is 58.0 Å². The number of piperazine rings is 1. The Morgan fingerprint density at radius 2 is 1.91 bits per heavy atom. The van der Waals surface area contributed by atoms with Crippen LogP contribution in [-0.2, 0) is 12.7 Å². The minimum Gasteiger partial charge on any atom is -0.497 e. The molecule has 0 unspecified atom stereocenters. The van der Waals surface area contributed by atoms with Crippen molar-refractivity contribution in [2.75, 3.05) is 33.3 Å². The van der Waals surface area contributed by atoms with Crippen LogP contribution >= 0.6 is 11.6 Å². The molecule has 7 nitrogen and oxygen atoms in total. The second-order valence-electron chi connectivity index (χ2n) is 7.60. The maximum absolute atomic E-state index is 13.4. The molecule has 3 aromatic rings. The van der Waals surface area contributed by atoms with E-state index in [-0.39, 0.29) is 22.1 Å². The number of methoxy groups -OCH3 is 1. The van der Waals surface area contributed by atoms with Gasteiger partial charge in [-0.05, 0) is 30.7 Å². The molecule has 1 amide bonds. The normalized spacial score (nSPS) is 15.4. The summed E-state index contributed by atoms with van der Waals surface area (Å²) in [5.74, 6) is 0.271. The minimum absolute atomic E-state index is 0.136. The number of ether oxygens (including phenoxy) is 1. The van der Waals surface area contributed by atoms with E-state index in [0.717, 1.165) is 17.4 Å². The van der Waals surface area contributed by atoms with Gasteiger partial charge in [0, 0.05) is 38.4 Å². The third-order valence-corrected chi connectivity index (χ3v) is 5.70. The quantitative estimate of drug-likeness (QED) is 0.586. The lowest BCUT2D eigenvalue weighted by atomic mass is 10.2. The van der Waals surface area contributed by atoms with E-state index in [4.69, 9.17) is 16.3 Å². The zero-order valence-electron chi connectivity index (χ0n) is 17.5. The van der Waals surface area contributed by atoms with E-state index in [9.17, 15) is 18.0 Å². The molecule has 0 spiro atoms. The molecule has 0 atom stereocenters. The van der Waals surface area contributed by atoms with Crippen LogP contribution in [0.25, 0.3) is 5.65 Å². The highest BCUT2D eigenvalue weighted by Gasteiger charge is 2.37. The van der Waals surface area contributed by atoms with E-state index in [0.29, 0.717) is 37.2 Å². The number of carbonyl (C=O) groups excluding carboxylic acids is 1. The number of aromatic nitrogens is 3. The van der Waals surface area contributed by atoms with Gasteiger partial charge in [0.15, 0.2) is 11.3 Å². The molecule has 1 aliphatic rings. The number of hydrogen-bond acceptors (Lipinski definition) is 5. The van der Waals surface area contributed by atoms with Crippen LogP contribution in [0.15, 0.2) is 30.3 Å². The standard InChI is InChI=1S/C21H21ClF3N5O2/c1-13-10-16(21(23,24)25)30-19(26-13)17(22)18(27-30)20(31)29-8-6-28(7-9-29)12-14-4-3-5-15(11-14)32-2/h3-5,10-11H,6-9,12H2,1-2H3. The van der Waals surface area contributed by atoms with Gasteiger partial charge in [0.2, 0.25) is 0 Å². The Kier molecular flexibility index (Phi) is 6.00. The fraction of sp³-hybridized carbons (Fsp3) is 0.381. The molecule has 0 N–H and O–H groups in total. The van der Waals surface area contributed by atoms with E-state index < -0.39 is 17.8 Å². The number of rotatable bonds is 4. The molecular weight excluding hydrogens is 447 g/mol. The number of nitrogens with zero attached hydrogens (tertiary/aromatic N) is 5. The van der Waals surface area contributed by atoms with Crippen LogP contribution in [0.5, 0.6) is 5.75 Å². The summed E-state index contributed by atoms with van der Waals surface area (Å²) in [4.78, 5) is 20.8. The fourth-order valence-electron chi connectivity index (χ4n) is 3.74. The Labute approximate surface area is 187 Å². The third-order valence-electron chi connectivity index (χ3n) is 5.35. The maximum Gasteiger partial charge on any atom is 0.433 e. The van der Waals surface area contributed by atoms with Gasteiger partial charge in [-0.3, -0.25) is 9.69 Å². The van der Waals surface area contributed by atoms with Crippen LogP contribution in [0, 0.1) is 6.92 Å². The smallest absolute Gasteiger partial charge is 0.433 e. The molecule has 1 saturated heterocycles. The van der Waals surface area contributed by atoms with Crippen LogP contribution in [0.3, 0.4) is 0 Å². The number of carbonyl (C=O) groups is 1. The summed E-state index contributed by atoms with van der Waals surface area (Å²) in [6.45, 7) is 4.17. The van der Waals surface area contributed by atoms with Crippen molar-refractivity contribution in [1.29, 1.82) is 0 Å². The number of alkyl halides is 3. The third kappa shape index (κ3) is 4.37. The van der Waals surface area contributed by atoms with E-state index in [1.54, 1.807) is 12.0 Å². The van der Waals surface area contributed by atoms with Crippen LogP contribution in [0.1, 0.15) is 27.4 Å². The zero-order chi connectivity index (χ0) is 23.0. The minimum atomic E-state index is -4.66. The molecule has 4 rings (SSSR count). The van der Waals surface area contributed by atoms with E-state index in [2.05, 4.69) is 15.0 Å². The predicted molar refractivity (Wildman–Crippen MR) is 112 cm³/mol. The highest BCUT2D eigenvalue weighted by atomic mass is 35.5. The Hall–Kier alpha value is -2.85. The van der Waals surface area contributed by atoms with E-state index in [1.807, 2.05) is 24.3 Å². The number of aryl methyl sites for hydroxylation is 1. The fourth-order valence-corrected chi connectivity index (χ4v) is 3.98. The van der Waals surface area contributed by atoms with Crippen molar-refractivity contribution in [2.45, 2.75) is 19.6 Å². The SMILES string of the molecule is COc1cccc(CN2CCN(C(=O)c3nn4c(C(F)(F)F)cc(C)nc4c3Cl)CC2)c1. The van der Waals surface area contributed by atoms with Gasteiger partial charge in [-0.15, -0.1) is 0 Å². The van der Waals surface area contributed by atoms with Crippen molar-refractivity contribution in [2.24, 2.45) is 0 Å². The van der Waals surface area contributed by atoms with Crippen molar-refractivity contribution in [1.82, 2.24) is 24.4 Å². The maximum atomic E-state index is 13.4. The molecule has 11 heteroatoms. The first-order chi connectivity index (χ1) is 15.2. The average Bonchev–Trinajstić information content (AvgIpc) is 3.09. The topological polar surface area (TPSA) is 63.0 Å². The van der Waals surface area contributed by atoms with Gasteiger partial charge in [0.05, 0.1) is 7.11 Å². The Morgan fingerprint density at radius 1 is 1.19 bits per heavy atom. The molecule has 1 aliphatic heterocycles. The predicted octanol–water partition coefficient (Wildman–Crippen LogP) is 3.68. The summed E-state index contributed by atoms with van der Waals surface area (Å²) < 4.78 is 46.1. The van der Waals surface area contributed by atoms with Crippen molar-refractivity contribution in [3.63, 3.8) is 0 Å². The van der Waals surface area contributed by atoms with Crippen LogP contribution < -0.4 is 4.74 Å². The molecule has 1 fully saturated rings. The van der Waals surface area contributed by atoms with Gasteiger partial charge in [0.1, 0.15) is 16.5 Å². The van der Waals surface area contributed by atoms with Crippen LogP contribution in [0.4, 0.5) is 13.2 Å². The Morgan fingerprint density at radius 3 is 2.56 bits per heavy atom. The molecule has 0 saturated carbocycles. The summed E-state index contributed by atoms with van der Waals surface area (Å²) in [7, 11) is 1.61. The summed E-state index contributed by atoms with van der Waals surface area (Å²) in [6.07, 6.45) is -4.66.